The van der Waals surface area contributed by atoms with Crippen molar-refractivity contribution in [1.29, 1.82) is 0 Å². The van der Waals surface area contributed by atoms with Crippen molar-refractivity contribution in [2.75, 3.05) is 17.4 Å². The molecule has 0 heterocycles. The molecule has 1 N–H and O–H groups in total. The smallest absolute Gasteiger partial charge is 0.264 e. The molecule has 1 atom stereocenters. The second kappa shape index (κ2) is 15.5. The molecule has 230 valence electrons. The van der Waals surface area contributed by atoms with Crippen LogP contribution in [0.25, 0.3) is 0 Å². The van der Waals surface area contributed by atoms with Gasteiger partial charge in [-0.05, 0) is 60.9 Å². The van der Waals surface area contributed by atoms with E-state index < -0.39 is 28.5 Å². The normalized spacial score (nSPS) is 11.9. The van der Waals surface area contributed by atoms with E-state index in [0.717, 1.165) is 33.8 Å². The van der Waals surface area contributed by atoms with Crippen LogP contribution < -0.4 is 9.62 Å². The van der Waals surface area contributed by atoms with E-state index >= 15 is 0 Å². The Morgan fingerprint density at radius 1 is 0.841 bits per heavy atom. The van der Waals surface area contributed by atoms with Crippen LogP contribution >= 0.6 is 11.6 Å². The lowest BCUT2D eigenvalue weighted by atomic mass is 10.0. The Hall–Kier alpha value is -4.14. The topological polar surface area (TPSA) is 86.8 Å². The minimum Gasteiger partial charge on any atom is -0.354 e. The van der Waals surface area contributed by atoms with Crippen LogP contribution in [0.5, 0.6) is 0 Å². The second-order valence-corrected chi connectivity index (χ2v) is 13.0. The Morgan fingerprint density at radius 2 is 1.48 bits per heavy atom. The van der Waals surface area contributed by atoms with E-state index in [1.54, 1.807) is 42.5 Å². The molecule has 7 nitrogen and oxygen atoms in total. The highest BCUT2D eigenvalue weighted by molar-refractivity contribution is 7.92. The lowest BCUT2D eigenvalue weighted by molar-refractivity contribution is -0.140. The average molecular weight is 632 g/mol. The van der Waals surface area contributed by atoms with Crippen molar-refractivity contribution >= 4 is 39.1 Å². The number of halogens is 1. The molecule has 44 heavy (non-hydrogen) atoms. The number of unbranched alkanes of at least 4 members (excludes halogenated alkanes) is 1. The molecule has 0 radical (unpaired) electrons. The van der Waals surface area contributed by atoms with Gasteiger partial charge in [0.15, 0.2) is 0 Å². The number of sulfonamides is 1. The van der Waals surface area contributed by atoms with Crippen molar-refractivity contribution in [3.05, 3.63) is 131 Å². The molecule has 0 saturated carbocycles. The van der Waals surface area contributed by atoms with Gasteiger partial charge in [0.25, 0.3) is 10.0 Å². The predicted molar refractivity (Wildman–Crippen MR) is 176 cm³/mol. The van der Waals surface area contributed by atoms with Gasteiger partial charge in [0.1, 0.15) is 12.6 Å². The summed E-state index contributed by atoms with van der Waals surface area (Å²) in [5.41, 5.74) is 3.02. The van der Waals surface area contributed by atoms with Crippen LogP contribution in [0.1, 0.15) is 36.5 Å². The third-order valence-corrected chi connectivity index (χ3v) is 9.30. The lowest BCUT2D eigenvalue weighted by Crippen LogP contribution is -2.53. The lowest BCUT2D eigenvalue weighted by Gasteiger charge is -2.34. The van der Waals surface area contributed by atoms with Crippen molar-refractivity contribution in [2.45, 2.75) is 50.6 Å². The van der Waals surface area contributed by atoms with Crippen molar-refractivity contribution in [3.8, 4) is 0 Å². The van der Waals surface area contributed by atoms with E-state index in [2.05, 4.69) is 5.32 Å². The summed E-state index contributed by atoms with van der Waals surface area (Å²) in [6, 6.07) is 30.7. The Bertz CT molecular complexity index is 1630. The first-order chi connectivity index (χ1) is 21.2. The first kappa shape index (κ1) is 32.8. The standard InChI is InChI=1S/C35H38ClN3O4S/c1-3-4-22-37-35(41)33(24-28-13-7-5-8-14-28)38(25-29-15-11-12-27(2)23-29)34(40)26-39(31-20-18-30(36)19-21-31)44(42,43)32-16-9-6-10-17-32/h5-21,23,33H,3-4,22,24-26H2,1-2H3,(H,37,41). The van der Waals surface area contributed by atoms with Crippen molar-refractivity contribution in [1.82, 2.24) is 10.2 Å². The molecule has 0 aliphatic rings. The number of amides is 2. The highest BCUT2D eigenvalue weighted by Crippen LogP contribution is 2.26. The predicted octanol–water partition coefficient (Wildman–Crippen LogP) is 6.40. The van der Waals surface area contributed by atoms with Gasteiger partial charge in [0.05, 0.1) is 10.6 Å². The molecule has 4 aromatic carbocycles. The van der Waals surface area contributed by atoms with Crippen LogP contribution in [0.3, 0.4) is 0 Å². The fraction of sp³-hybridized carbons (Fsp3) is 0.257. The van der Waals surface area contributed by atoms with Crippen LogP contribution in [0.4, 0.5) is 5.69 Å². The molecule has 0 aliphatic carbocycles. The first-order valence-electron chi connectivity index (χ1n) is 14.7. The summed E-state index contributed by atoms with van der Waals surface area (Å²) in [4.78, 5) is 29.8. The zero-order valence-electron chi connectivity index (χ0n) is 25.0. The fourth-order valence-corrected chi connectivity index (χ4v) is 6.48. The van der Waals surface area contributed by atoms with Crippen LogP contribution in [0.2, 0.25) is 5.02 Å². The van der Waals surface area contributed by atoms with Crippen molar-refractivity contribution < 1.29 is 18.0 Å². The minimum atomic E-state index is -4.16. The maximum Gasteiger partial charge on any atom is 0.264 e. The molecule has 0 aliphatic heterocycles. The number of aryl methyl sites for hydroxylation is 1. The highest BCUT2D eigenvalue weighted by atomic mass is 35.5. The van der Waals surface area contributed by atoms with Gasteiger partial charge in [-0.1, -0.05) is 103 Å². The summed E-state index contributed by atoms with van der Waals surface area (Å²) >= 11 is 6.12. The molecule has 4 aromatic rings. The average Bonchev–Trinajstić information content (AvgIpc) is 3.03. The molecule has 1 unspecified atom stereocenters. The summed E-state index contributed by atoms with van der Waals surface area (Å²) in [6.45, 7) is 4.09. The number of nitrogens with one attached hydrogen (secondary N) is 1. The zero-order chi connectivity index (χ0) is 31.5. The SMILES string of the molecule is CCCCNC(=O)C(Cc1ccccc1)N(Cc1cccc(C)c1)C(=O)CN(c1ccc(Cl)cc1)S(=O)(=O)c1ccccc1. The van der Waals surface area contributed by atoms with Crippen LogP contribution in [-0.2, 0) is 32.6 Å². The molecule has 0 aromatic heterocycles. The van der Waals surface area contributed by atoms with E-state index in [0.29, 0.717) is 11.6 Å². The van der Waals surface area contributed by atoms with E-state index in [4.69, 9.17) is 11.6 Å². The first-order valence-corrected chi connectivity index (χ1v) is 16.5. The highest BCUT2D eigenvalue weighted by Gasteiger charge is 2.34. The Labute approximate surface area is 265 Å². The molecule has 9 heteroatoms. The van der Waals surface area contributed by atoms with Gasteiger partial charge < -0.3 is 10.2 Å². The Morgan fingerprint density at radius 3 is 2.11 bits per heavy atom. The second-order valence-electron chi connectivity index (χ2n) is 10.7. The summed E-state index contributed by atoms with van der Waals surface area (Å²) in [7, 11) is -4.16. The third-order valence-electron chi connectivity index (χ3n) is 7.26. The molecule has 0 saturated heterocycles. The number of carbonyl (C=O) groups excluding carboxylic acids is 2. The van der Waals surface area contributed by atoms with Crippen LogP contribution in [-0.4, -0.2) is 44.3 Å². The molecule has 0 bridgehead atoms. The van der Waals surface area contributed by atoms with Gasteiger partial charge in [0, 0.05) is 24.5 Å². The number of nitrogens with zero attached hydrogens (tertiary/aromatic N) is 2. The van der Waals surface area contributed by atoms with E-state index in [1.807, 2.05) is 68.4 Å². The van der Waals surface area contributed by atoms with Gasteiger partial charge in [-0.2, -0.15) is 0 Å². The quantitative estimate of drug-likeness (QED) is 0.163. The number of hydrogen-bond donors (Lipinski definition) is 1. The van der Waals surface area contributed by atoms with Gasteiger partial charge in [0.2, 0.25) is 11.8 Å². The number of hydrogen-bond acceptors (Lipinski definition) is 4. The van der Waals surface area contributed by atoms with E-state index in [9.17, 15) is 18.0 Å². The minimum absolute atomic E-state index is 0.0473. The molecular weight excluding hydrogens is 594 g/mol. The fourth-order valence-electron chi connectivity index (χ4n) is 4.92. The van der Waals surface area contributed by atoms with E-state index in [1.165, 1.54) is 17.0 Å². The van der Waals surface area contributed by atoms with Gasteiger partial charge in [-0.15, -0.1) is 0 Å². The van der Waals surface area contributed by atoms with Gasteiger partial charge in [-0.3, -0.25) is 13.9 Å². The van der Waals surface area contributed by atoms with E-state index in [-0.39, 0.29) is 29.5 Å². The largest absolute Gasteiger partial charge is 0.354 e. The Kier molecular flexibility index (Phi) is 11.6. The zero-order valence-corrected chi connectivity index (χ0v) is 26.6. The molecule has 0 fully saturated rings. The molecule has 0 spiro atoms. The molecule has 4 rings (SSSR count). The number of rotatable bonds is 14. The van der Waals surface area contributed by atoms with Crippen molar-refractivity contribution in [2.24, 2.45) is 0 Å². The molecule has 2 amide bonds. The number of benzene rings is 4. The van der Waals surface area contributed by atoms with Crippen molar-refractivity contribution in [3.63, 3.8) is 0 Å². The summed E-state index contributed by atoms with van der Waals surface area (Å²) in [5.74, 6) is -0.792. The Balaban J connectivity index is 1.78. The van der Waals surface area contributed by atoms with Crippen LogP contribution in [0.15, 0.2) is 114 Å². The van der Waals surface area contributed by atoms with Gasteiger partial charge in [-0.25, -0.2) is 8.42 Å². The van der Waals surface area contributed by atoms with Crippen LogP contribution in [0, 0.1) is 6.92 Å². The molecular formula is C35H38ClN3O4S. The summed E-state index contributed by atoms with van der Waals surface area (Å²) < 4.78 is 29.1. The third kappa shape index (κ3) is 8.71. The monoisotopic (exact) mass is 631 g/mol. The maximum absolute atomic E-state index is 14.4. The maximum atomic E-state index is 14.4. The number of carbonyl (C=O) groups is 2. The van der Waals surface area contributed by atoms with Gasteiger partial charge >= 0.3 is 0 Å². The summed E-state index contributed by atoms with van der Waals surface area (Å²) in [5, 5.41) is 3.44. The number of anilines is 1. The summed E-state index contributed by atoms with van der Waals surface area (Å²) in [6.07, 6.45) is 1.97.